The Morgan fingerprint density at radius 1 is 1.00 bits per heavy atom. The lowest BCUT2D eigenvalue weighted by molar-refractivity contribution is -0.0409. The fraction of sp³-hybridized carbons (Fsp3) is 0.708. The molecule has 5 rings (SSSR count). The van der Waals surface area contributed by atoms with Gasteiger partial charge in [-0.25, -0.2) is 0 Å². The molecule has 4 aliphatic carbocycles. The van der Waals surface area contributed by atoms with Crippen LogP contribution in [0.3, 0.4) is 0 Å². The van der Waals surface area contributed by atoms with E-state index in [0.717, 1.165) is 30.6 Å². The highest BCUT2D eigenvalue weighted by Crippen LogP contribution is 2.67. The smallest absolute Gasteiger partial charge is 0.0577 e. The van der Waals surface area contributed by atoms with Gasteiger partial charge in [0.2, 0.25) is 0 Å². The molecule has 1 aromatic heterocycles. The molecule has 0 bridgehead atoms. The lowest BCUT2D eigenvalue weighted by atomic mass is 9.47. The van der Waals surface area contributed by atoms with E-state index in [4.69, 9.17) is 0 Å². The van der Waals surface area contributed by atoms with Gasteiger partial charge in [0, 0.05) is 12.4 Å². The van der Waals surface area contributed by atoms with Gasteiger partial charge in [0.25, 0.3) is 0 Å². The van der Waals surface area contributed by atoms with Crippen LogP contribution in [0.4, 0.5) is 0 Å². The SMILES string of the molecule is C[C@]12CC[C@H](O)CC1=CC[C@@H]1[C@@H]2CC[C@]2(C)C(c3ccncc3)CC[C@@H]12. The van der Waals surface area contributed by atoms with Crippen molar-refractivity contribution in [2.45, 2.75) is 77.2 Å². The molecule has 1 aromatic rings. The number of aliphatic hydroxyl groups is 1. The number of aliphatic hydroxyl groups excluding tert-OH is 1. The second-order valence-corrected chi connectivity index (χ2v) is 10.1. The molecule has 4 aliphatic rings. The Hall–Kier alpha value is -1.15. The maximum atomic E-state index is 10.2. The fourth-order valence-electron chi connectivity index (χ4n) is 7.79. The van der Waals surface area contributed by atoms with Crippen LogP contribution < -0.4 is 0 Å². The summed E-state index contributed by atoms with van der Waals surface area (Å²) in [5.74, 6) is 3.26. The summed E-state index contributed by atoms with van der Waals surface area (Å²) in [5.41, 5.74) is 3.92. The molecule has 2 nitrogen and oxygen atoms in total. The van der Waals surface area contributed by atoms with Gasteiger partial charge in [-0.2, -0.15) is 0 Å². The highest BCUT2D eigenvalue weighted by molar-refractivity contribution is 5.28. The highest BCUT2D eigenvalue weighted by Gasteiger charge is 2.58. The number of rotatable bonds is 1. The summed E-state index contributed by atoms with van der Waals surface area (Å²) in [6.07, 6.45) is 16.3. The summed E-state index contributed by atoms with van der Waals surface area (Å²) in [6, 6.07) is 4.51. The maximum absolute atomic E-state index is 10.2. The topological polar surface area (TPSA) is 33.1 Å². The molecule has 26 heavy (non-hydrogen) atoms. The average molecular weight is 352 g/mol. The summed E-state index contributed by atoms with van der Waals surface area (Å²) in [7, 11) is 0. The zero-order valence-electron chi connectivity index (χ0n) is 16.3. The van der Waals surface area contributed by atoms with Crippen LogP contribution in [0.2, 0.25) is 0 Å². The van der Waals surface area contributed by atoms with Gasteiger partial charge in [-0.05, 0) is 104 Å². The lowest BCUT2D eigenvalue weighted by Crippen LogP contribution is -2.50. The molecule has 0 saturated heterocycles. The van der Waals surface area contributed by atoms with E-state index < -0.39 is 0 Å². The van der Waals surface area contributed by atoms with E-state index >= 15 is 0 Å². The molecule has 0 aromatic carbocycles. The number of hydrogen-bond donors (Lipinski definition) is 1. The van der Waals surface area contributed by atoms with Crippen molar-refractivity contribution in [3.63, 3.8) is 0 Å². The Bertz CT molecular complexity index is 712. The first-order valence-electron chi connectivity index (χ1n) is 10.8. The third-order valence-electron chi connectivity index (χ3n) is 9.19. The average Bonchev–Trinajstić information content (AvgIpc) is 3.00. The van der Waals surface area contributed by atoms with Crippen molar-refractivity contribution < 1.29 is 5.11 Å². The molecule has 1 unspecified atom stereocenters. The van der Waals surface area contributed by atoms with E-state index in [9.17, 15) is 5.11 Å². The molecule has 7 atom stereocenters. The van der Waals surface area contributed by atoms with Crippen molar-refractivity contribution in [1.29, 1.82) is 0 Å². The molecule has 140 valence electrons. The van der Waals surface area contributed by atoms with Gasteiger partial charge in [-0.1, -0.05) is 25.5 Å². The predicted molar refractivity (Wildman–Crippen MR) is 105 cm³/mol. The molecule has 0 radical (unpaired) electrons. The van der Waals surface area contributed by atoms with Crippen molar-refractivity contribution in [3.05, 3.63) is 41.7 Å². The minimum absolute atomic E-state index is 0.0951. The number of pyridine rings is 1. The Morgan fingerprint density at radius 3 is 2.62 bits per heavy atom. The van der Waals surface area contributed by atoms with Gasteiger partial charge in [-0.15, -0.1) is 0 Å². The highest BCUT2D eigenvalue weighted by atomic mass is 16.3. The van der Waals surface area contributed by atoms with Crippen LogP contribution in [0.15, 0.2) is 36.2 Å². The fourth-order valence-corrected chi connectivity index (χ4v) is 7.79. The molecule has 0 aliphatic heterocycles. The standard InChI is InChI=1S/C24H33NO/c1-23-11-7-18(26)15-17(23)3-4-19-21-6-5-20(16-9-13-25-14-10-16)24(21,2)12-8-22(19)23/h3,9-10,13-14,18-22,26H,4-8,11-12,15H2,1-2H3/t18-,19-,20?,21-,22-,23-,24+/m0/s1. The van der Waals surface area contributed by atoms with Crippen LogP contribution in [0, 0.1) is 28.6 Å². The van der Waals surface area contributed by atoms with E-state index in [1.807, 2.05) is 12.4 Å². The Morgan fingerprint density at radius 2 is 1.81 bits per heavy atom. The van der Waals surface area contributed by atoms with Gasteiger partial charge in [-0.3, -0.25) is 4.98 Å². The maximum Gasteiger partial charge on any atom is 0.0577 e. The third-order valence-corrected chi connectivity index (χ3v) is 9.19. The molecule has 1 N–H and O–H groups in total. The summed E-state index contributed by atoms with van der Waals surface area (Å²) in [6.45, 7) is 5.12. The van der Waals surface area contributed by atoms with E-state index in [1.165, 1.54) is 44.1 Å². The third kappa shape index (κ3) is 2.30. The quantitative estimate of drug-likeness (QED) is 0.679. The molecule has 0 amide bonds. The van der Waals surface area contributed by atoms with E-state index in [0.29, 0.717) is 16.7 Å². The van der Waals surface area contributed by atoms with Gasteiger partial charge in [0.1, 0.15) is 0 Å². The van der Waals surface area contributed by atoms with Gasteiger partial charge in [0.15, 0.2) is 0 Å². The Labute approximate surface area is 158 Å². The van der Waals surface area contributed by atoms with Crippen LogP contribution >= 0.6 is 0 Å². The van der Waals surface area contributed by atoms with Gasteiger partial charge < -0.3 is 5.11 Å². The molecule has 3 fully saturated rings. The minimum atomic E-state index is -0.0951. The Kier molecular flexibility index (Phi) is 3.87. The first-order chi connectivity index (χ1) is 12.5. The van der Waals surface area contributed by atoms with Crippen molar-refractivity contribution in [1.82, 2.24) is 4.98 Å². The van der Waals surface area contributed by atoms with E-state index in [2.05, 4.69) is 37.0 Å². The molecule has 1 heterocycles. The second kappa shape index (κ2) is 5.92. The summed E-state index contributed by atoms with van der Waals surface area (Å²) in [5, 5.41) is 10.2. The van der Waals surface area contributed by atoms with E-state index in [1.54, 1.807) is 5.57 Å². The van der Waals surface area contributed by atoms with Gasteiger partial charge in [0.05, 0.1) is 6.10 Å². The molecule has 0 spiro atoms. The number of nitrogens with zero attached hydrogens (tertiary/aromatic N) is 1. The first kappa shape index (κ1) is 17.0. The predicted octanol–water partition coefficient (Wildman–Crippen LogP) is 5.49. The second-order valence-electron chi connectivity index (χ2n) is 10.1. The molecule has 3 saturated carbocycles. The summed E-state index contributed by atoms with van der Waals surface area (Å²) < 4.78 is 0. The van der Waals surface area contributed by atoms with Crippen LogP contribution in [-0.4, -0.2) is 16.2 Å². The minimum Gasteiger partial charge on any atom is -0.393 e. The zero-order chi connectivity index (χ0) is 17.9. The summed E-state index contributed by atoms with van der Waals surface area (Å²) >= 11 is 0. The first-order valence-corrected chi connectivity index (χ1v) is 10.8. The number of aromatic nitrogens is 1. The van der Waals surface area contributed by atoms with Crippen LogP contribution in [0.5, 0.6) is 0 Å². The number of hydrogen-bond acceptors (Lipinski definition) is 2. The van der Waals surface area contributed by atoms with Crippen LogP contribution in [0.25, 0.3) is 0 Å². The van der Waals surface area contributed by atoms with Crippen molar-refractivity contribution in [2.24, 2.45) is 28.6 Å². The van der Waals surface area contributed by atoms with E-state index in [-0.39, 0.29) is 6.10 Å². The normalized spacial score (nSPS) is 47.5. The van der Waals surface area contributed by atoms with Gasteiger partial charge >= 0.3 is 0 Å². The molecule has 2 heteroatoms. The molecular weight excluding hydrogens is 318 g/mol. The van der Waals surface area contributed by atoms with Crippen molar-refractivity contribution >= 4 is 0 Å². The largest absolute Gasteiger partial charge is 0.393 e. The molecular formula is C24H33NO. The summed E-state index contributed by atoms with van der Waals surface area (Å²) in [4.78, 5) is 4.24. The lowest BCUT2D eigenvalue weighted by Gasteiger charge is -2.58. The van der Waals surface area contributed by atoms with Crippen LogP contribution in [-0.2, 0) is 0 Å². The number of allylic oxidation sites excluding steroid dienone is 1. The van der Waals surface area contributed by atoms with Crippen molar-refractivity contribution in [2.75, 3.05) is 0 Å². The van der Waals surface area contributed by atoms with Crippen molar-refractivity contribution in [3.8, 4) is 0 Å². The zero-order valence-corrected chi connectivity index (χ0v) is 16.3. The monoisotopic (exact) mass is 351 g/mol. The Balaban J connectivity index is 1.47. The van der Waals surface area contributed by atoms with Crippen LogP contribution in [0.1, 0.15) is 76.7 Å². The number of fused-ring (bicyclic) bond motifs is 5.